The lowest BCUT2D eigenvalue weighted by atomic mass is 9.86. The van der Waals surface area contributed by atoms with E-state index in [0.717, 1.165) is 18.3 Å². The van der Waals surface area contributed by atoms with Crippen molar-refractivity contribution in [3.63, 3.8) is 0 Å². The van der Waals surface area contributed by atoms with E-state index in [9.17, 15) is 0 Å². The summed E-state index contributed by atoms with van der Waals surface area (Å²) in [6.07, 6.45) is 7.62. The Labute approximate surface area is 82.2 Å². The van der Waals surface area contributed by atoms with Crippen molar-refractivity contribution in [1.29, 1.82) is 0 Å². The summed E-state index contributed by atoms with van der Waals surface area (Å²) in [5.41, 5.74) is 0. The van der Waals surface area contributed by atoms with Gasteiger partial charge in [-0.2, -0.15) is 0 Å². The highest BCUT2D eigenvalue weighted by atomic mass is 16.5. The molecular weight excluding hydrogens is 160 g/mol. The zero-order chi connectivity index (χ0) is 9.68. The minimum atomic E-state index is 0.694. The summed E-state index contributed by atoms with van der Waals surface area (Å²) < 4.78 is 5.50. The van der Waals surface area contributed by atoms with Crippen molar-refractivity contribution in [3.8, 4) is 0 Å². The monoisotopic (exact) mass is 182 g/mol. The van der Waals surface area contributed by atoms with E-state index in [1.54, 1.807) is 0 Å². The molecule has 0 aromatic heterocycles. The van der Waals surface area contributed by atoms with Crippen LogP contribution in [0.3, 0.4) is 0 Å². The second-order valence-corrected chi connectivity index (χ2v) is 4.09. The Hall–Kier alpha value is -0.460. The summed E-state index contributed by atoms with van der Waals surface area (Å²) in [6, 6.07) is 0. The minimum Gasteiger partial charge on any atom is -0.498 e. The molecule has 1 heteroatoms. The summed E-state index contributed by atoms with van der Waals surface area (Å²) >= 11 is 0. The van der Waals surface area contributed by atoms with Gasteiger partial charge in [0.05, 0.1) is 12.4 Å². The van der Waals surface area contributed by atoms with Gasteiger partial charge in [-0.05, 0) is 18.9 Å². The molecule has 0 amide bonds. The van der Waals surface area contributed by atoms with Crippen molar-refractivity contribution >= 4 is 0 Å². The summed E-state index contributed by atoms with van der Waals surface area (Å²) in [6.45, 7) is 7.54. The molecule has 1 atom stereocenters. The van der Waals surface area contributed by atoms with Crippen LogP contribution in [0.2, 0.25) is 0 Å². The molecule has 1 aliphatic heterocycles. The van der Waals surface area contributed by atoms with Crippen LogP contribution < -0.4 is 0 Å². The molecule has 13 heavy (non-hydrogen) atoms. The van der Waals surface area contributed by atoms with Crippen LogP contribution in [0.5, 0.6) is 0 Å². The van der Waals surface area contributed by atoms with Crippen molar-refractivity contribution in [2.45, 2.75) is 46.5 Å². The van der Waals surface area contributed by atoms with Gasteiger partial charge in [0.25, 0.3) is 0 Å². The SMILES string of the molecule is CCCC(CCC)C1C=C(C)OC1. The molecule has 0 saturated heterocycles. The number of hydrogen-bond acceptors (Lipinski definition) is 1. The Kier molecular flexibility index (Phi) is 4.34. The molecule has 0 fully saturated rings. The van der Waals surface area contributed by atoms with E-state index in [1.807, 2.05) is 0 Å². The third-order valence-electron chi connectivity index (χ3n) is 2.88. The first-order valence-corrected chi connectivity index (χ1v) is 5.59. The third-order valence-corrected chi connectivity index (χ3v) is 2.88. The van der Waals surface area contributed by atoms with E-state index < -0.39 is 0 Å². The van der Waals surface area contributed by atoms with E-state index in [2.05, 4.69) is 26.8 Å². The van der Waals surface area contributed by atoms with Gasteiger partial charge >= 0.3 is 0 Å². The van der Waals surface area contributed by atoms with Crippen LogP contribution in [0.4, 0.5) is 0 Å². The first-order chi connectivity index (χ1) is 6.27. The first-order valence-electron chi connectivity index (χ1n) is 5.59. The van der Waals surface area contributed by atoms with Gasteiger partial charge in [-0.15, -0.1) is 0 Å². The van der Waals surface area contributed by atoms with Crippen LogP contribution >= 0.6 is 0 Å². The zero-order valence-corrected chi connectivity index (χ0v) is 9.18. The van der Waals surface area contributed by atoms with Gasteiger partial charge in [0.2, 0.25) is 0 Å². The van der Waals surface area contributed by atoms with E-state index >= 15 is 0 Å². The molecule has 0 aromatic rings. The molecule has 0 spiro atoms. The van der Waals surface area contributed by atoms with Crippen LogP contribution in [-0.4, -0.2) is 6.61 Å². The van der Waals surface area contributed by atoms with Crippen molar-refractivity contribution in [3.05, 3.63) is 11.8 Å². The molecular formula is C12H22O. The molecule has 1 aliphatic rings. The van der Waals surface area contributed by atoms with Crippen LogP contribution in [0.25, 0.3) is 0 Å². The molecule has 0 aliphatic carbocycles. The van der Waals surface area contributed by atoms with Gasteiger partial charge < -0.3 is 4.74 Å². The Bertz CT molecular complexity index is 166. The lowest BCUT2D eigenvalue weighted by molar-refractivity contribution is 0.185. The molecule has 1 nitrogen and oxygen atoms in total. The molecule has 76 valence electrons. The Morgan fingerprint density at radius 2 is 2.00 bits per heavy atom. The van der Waals surface area contributed by atoms with E-state index in [1.165, 1.54) is 25.7 Å². The van der Waals surface area contributed by atoms with E-state index in [4.69, 9.17) is 4.74 Å². The highest BCUT2D eigenvalue weighted by molar-refractivity contribution is 5.01. The van der Waals surface area contributed by atoms with Gasteiger partial charge in [0.1, 0.15) is 0 Å². The fraction of sp³-hybridized carbons (Fsp3) is 0.833. The highest BCUT2D eigenvalue weighted by Gasteiger charge is 2.22. The van der Waals surface area contributed by atoms with Gasteiger partial charge in [0, 0.05) is 5.92 Å². The van der Waals surface area contributed by atoms with E-state index in [0.29, 0.717) is 5.92 Å². The summed E-state index contributed by atoms with van der Waals surface area (Å²) in [7, 11) is 0. The van der Waals surface area contributed by atoms with Crippen LogP contribution in [0.15, 0.2) is 11.8 Å². The quantitative estimate of drug-likeness (QED) is 0.629. The van der Waals surface area contributed by atoms with Crippen molar-refractivity contribution in [2.24, 2.45) is 11.8 Å². The lowest BCUT2D eigenvalue weighted by Gasteiger charge is -2.19. The molecule has 0 radical (unpaired) electrons. The van der Waals surface area contributed by atoms with Gasteiger partial charge in [-0.3, -0.25) is 0 Å². The highest BCUT2D eigenvalue weighted by Crippen LogP contribution is 2.29. The standard InChI is InChI=1S/C12H22O/c1-4-6-11(7-5-2)12-8-10(3)13-9-12/h8,11-12H,4-7,9H2,1-3H3. The fourth-order valence-corrected chi connectivity index (χ4v) is 2.21. The Morgan fingerprint density at radius 3 is 2.38 bits per heavy atom. The van der Waals surface area contributed by atoms with Gasteiger partial charge in [-0.1, -0.05) is 39.5 Å². The maximum atomic E-state index is 5.50. The van der Waals surface area contributed by atoms with Crippen LogP contribution in [0.1, 0.15) is 46.5 Å². The average Bonchev–Trinajstić information content (AvgIpc) is 2.51. The first kappa shape index (κ1) is 10.6. The molecule has 0 N–H and O–H groups in total. The number of hydrogen-bond donors (Lipinski definition) is 0. The van der Waals surface area contributed by atoms with Gasteiger partial charge in [0.15, 0.2) is 0 Å². The summed E-state index contributed by atoms with van der Waals surface area (Å²) in [4.78, 5) is 0. The summed E-state index contributed by atoms with van der Waals surface area (Å²) in [5.74, 6) is 2.68. The molecule has 1 heterocycles. The number of rotatable bonds is 5. The second-order valence-electron chi connectivity index (χ2n) is 4.09. The Balaban J connectivity index is 2.44. The number of ether oxygens (including phenoxy) is 1. The van der Waals surface area contributed by atoms with Crippen molar-refractivity contribution < 1.29 is 4.74 Å². The second kappa shape index (κ2) is 5.31. The zero-order valence-electron chi connectivity index (χ0n) is 9.18. The maximum Gasteiger partial charge on any atom is 0.0943 e. The van der Waals surface area contributed by atoms with Crippen LogP contribution in [0, 0.1) is 11.8 Å². The fourth-order valence-electron chi connectivity index (χ4n) is 2.21. The van der Waals surface area contributed by atoms with E-state index in [-0.39, 0.29) is 0 Å². The topological polar surface area (TPSA) is 9.23 Å². The molecule has 1 unspecified atom stereocenters. The average molecular weight is 182 g/mol. The normalized spacial score (nSPS) is 21.8. The summed E-state index contributed by atoms with van der Waals surface area (Å²) in [5, 5.41) is 0. The van der Waals surface area contributed by atoms with Crippen molar-refractivity contribution in [1.82, 2.24) is 0 Å². The smallest absolute Gasteiger partial charge is 0.0943 e. The molecule has 1 rings (SSSR count). The predicted octanol–water partition coefficient (Wildman–Crippen LogP) is 3.75. The lowest BCUT2D eigenvalue weighted by Crippen LogP contribution is -2.14. The third kappa shape index (κ3) is 3.06. The van der Waals surface area contributed by atoms with Crippen molar-refractivity contribution in [2.75, 3.05) is 6.61 Å². The maximum absolute atomic E-state index is 5.50. The molecule has 0 bridgehead atoms. The van der Waals surface area contributed by atoms with Gasteiger partial charge in [-0.25, -0.2) is 0 Å². The predicted molar refractivity (Wildman–Crippen MR) is 56.5 cm³/mol. The largest absolute Gasteiger partial charge is 0.498 e. The molecule has 0 aromatic carbocycles. The number of allylic oxidation sites excluding steroid dienone is 1. The van der Waals surface area contributed by atoms with Crippen LogP contribution in [-0.2, 0) is 4.74 Å². The minimum absolute atomic E-state index is 0.694. The molecule has 0 saturated carbocycles. The Morgan fingerprint density at radius 1 is 1.38 bits per heavy atom.